The van der Waals surface area contributed by atoms with E-state index in [9.17, 15) is 9.18 Å². The number of halogens is 1. The molecular weight excluding hydrogens is 295 g/mol. The van der Waals surface area contributed by atoms with Crippen LogP contribution in [0.4, 0.5) is 4.39 Å². The summed E-state index contributed by atoms with van der Waals surface area (Å²) in [6.45, 7) is 2.90. The highest BCUT2D eigenvalue weighted by atomic mass is 19.1. The highest BCUT2D eigenvalue weighted by Crippen LogP contribution is 2.23. The Morgan fingerprint density at radius 3 is 2.74 bits per heavy atom. The van der Waals surface area contributed by atoms with Crippen LogP contribution in [0.5, 0.6) is 0 Å². The van der Waals surface area contributed by atoms with Crippen LogP contribution in [0.15, 0.2) is 48.5 Å². The first-order chi connectivity index (χ1) is 11.1. The monoisotopic (exact) mass is 314 g/mol. The molecule has 1 atom stereocenters. The van der Waals surface area contributed by atoms with E-state index >= 15 is 0 Å². The molecule has 3 rings (SSSR count). The zero-order valence-corrected chi connectivity index (χ0v) is 12.7. The van der Waals surface area contributed by atoms with Gasteiger partial charge < -0.3 is 10.5 Å². The van der Waals surface area contributed by atoms with Gasteiger partial charge in [-0.05, 0) is 35.4 Å². The Morgan fingerprint density at radius 1 is 1.26 bits per heavy atom. The van der Waals surface area contributed by atoms with Crippen molar-refractivity contribution >= 4 is 5.91 Å². The molecule has 5 heteroatoms. The molecule has 1 aliphatic rings. The number of rotatable bonds is 4. The number of primary amides is 1. The number of carbonyl (C=O) groups excluding carboxylic acids is 1. The highest BCUT2D eigenvalue weighted by molar-refractivity contribution is 5.92. The molecule has 1 fully saturated rings. The fourth-order valence-corrected chi connectivity index (χ4v) is 2.79. The molecule has 1 amide bonds. The lowest BCUT2D eigenvalue weighted by Crippen LogP contribution is -2.37. The number of nitrogens with two attached hydrogens (primary N) is 1. The van der Waals surface area contributed by atoms with E-state index in [2.05, 4.69) is 4.90 Å². The van der Waals surface area contributed by atoms with Gasteiger partial charge in [0.25, 0.3) is 0 Å². The number of carbonyl (C=O) groups is 1. The maximum Gasteiger partial charge on any atom is 0.248 e. The van der Waals surface area contributed by atoms with Crippen LogP contribution in [0.25, 0.3) is 0 Å². The summed E-state index contributed by atoms with van der Waals surface area (Å²) < 4.78 is 19.1. The topological polar surface area (TPSA) is 55.6 Å². The molecule has 2 aromatic rings. The second-order valence-corrected chi connectivity index (χ2v) is 5.71. The van der Waals surface area contributed by atoms with E-state index < -0.39 is 5.91 Å². The minimum absolute atomic E-state index is 0.121. The number of morpholine rings is 1. The van der Waals surface area contributed by atoms with Crippen molar-refractivity contribution in [1.29, 1.82) is 0 Å². The van der Waals surface area contributed by atoms with E-state index in [4.69, 9.17) is 10.5 Å². The number of ether oxygens (including phenoxy) is 1. The number of benzene rings is 2. The van der Waals surface area contributed by atoms with Gasteiger partial charge in [-0.15, -0.1) is 0 Å². The van der Waals surface area contributed by atoms with E-state index in [0.717, 1.165) is 24.2 Å². The van der Waals surface area contributed by atoms with Crippen LogP contribution in [0.1, 0.15) is 27.6 Å². The van der Waals surface area contributed by atoms with Crippen LogP contribution >= 0.6 is 0 Å². The van der Waals surface area contributed by atoms with Gasteiger partial charge in [-0.1, -0.05) is 24.3 Å². The van der Waals surface area contributed by atoms with Crippen molar-refractivity contribution in [2.45, 2.75) is 12.6 Å². The molecule has 0 aliphatic carbocycles. The minimum atomic E-state index is -0.422. The lowest BCUT2D eigenvalue weighted by Gasteiger charge is -2.33. The van der Waals surface area contributed by atoms with Crippen LogP contribution in [-0.2, 0) is 11.3 Å². The smallest absolute Gasteiger partial charge is 0.248 e. The Hall–Kier alpha value is -2.24. The van der Waals surface area contributed by atoms with E-state index in [1.807, 2.05) is 18.2 Å². The van der Waals surface area contributed by atoms with Crippen molar-refractivity contribution in [1.82, 2.24) is 4.90 Å². The normalized spacial score (nSPS) is 18.7. The molecule has 0 saturated carbocycles. The van der Waals surface area contributed by atoms with Gasteiger partial charge >= 0.3 is 0 Å². The fourth-order valence-electron chi connectivity index (χ4n) is 2.79. The third kappa shape index (κ3) is 3.94. The first-order valence-corrected chi connectivity index (χ1v) is 7.60. The van der Waals surface area contributed by atoms with E-state index in [-0.39, 0.29) is 11.9 Å². The Bertz CT molecular complexity index is 688. The van der Waals surface area contributed by atoms with E-state index in [1.165, 1.54) is 12.1 Å². The van der Waals surface area contributed by atoms with Crippen molar-refractivity contribution in [2.75, 3.05) is 19.7 Å². The molecule has 2 aromatic carbocycles. The van der Waals surface area contributed by atoms with Gasteiger partial charge in [0, 0.05) is 25.2 Å². The van der Waals surface area contributed by atoms with Crippen LogP contribution in [0, 0.1) is 5.82 Å². The molecule has 1 heterocycles. The van der Waals surface area contributed by atoms with Gasteiger partial charge in [0.05, 0.1) is 12.7 Å². The van der Waals surface area contributed by atoms with Gasteiger partial charge in [0.1, 0.15) is 5.82 Å². The SMILES string of the molecule is NC(=O)c1ccc(CN2CCOC(c3cccc(F)c3)C2)cc1. The van der Waals surface area contributed by atoms with Crippen molar-refractivity contribution in [2.24, 2.45) is 5.73 Å². The summed E-state index contributed by atoms with van der Waals surface area (Å²) in [7, 11) is 0. The maximum atomic E-state index is 13.4. The summed E-state index contributed by atoms with van der Waals surface area (Å²) >= 11 is 0. The average molecular weight is 314 g/mol. The maximum absolute atomic E-state index is 13.4. The molecule has 0 aromatic heterocycles. The summed E-state index contributed by atoms with van der Waals surface area (Å²) in [5, 5.41) is 0. The number of hydrogen-bond acceptors (Lipinski definition) is 3. The zero-order valence-electron chi connectivity index (χ0n) is 12.7. The Labute approximate surface area is 134 Å². The summed E-state index contributed by atoms with van der Waals surface area (Å²) in [4.78, 5) is 13.4. The molecular formula is C18H19FN2O2. The standard InChI is InChI=1S/C18H19FN2O2/c19-16-3-1-2-15(10-16)17-12-21(8-9-23-17)11-13-4-6-14(7-5-13)18(20)22/h1-7,10,17H,8-9,11-12H2,(H2,20,22). The van der Waals surface area contributed by atoms with Crippen LogP contribution in [-0.4, -0.2) is 30.5 Å². The van der Waals surface area contributed by atoms with Crippen molar-refractivity contribution < 1.29 is 13.9 Å². The Morgan fingerprint density at radius 2 is 2.04 bits per heavy atom. The van der Waals surface area contributed by atoms with Crippen LogP contribution in [0.3, 0.4) is 0 Å². The van der Waals surface area contributed by atoms with Gasteiger partial charge in [-0.3, -0.25) is 9.69 Å². The van der Waals surface area contributed by atoms with Crippen molar-refractivity contribution in [3.8, 4) is 0 Å². The summed E-state index contributed by atoms with van der Waals surface area (Å²) in [6.07, 6.45) is -0.121. The van der Waals surface area contributed by atoms with E-state index in [0.29, 0.717) is 18.7 Å². The zero-order chi connectivity index (χ0) is 16.2. The largest absolute Gasteiger partial charge is 0.371 e. The predicted octanol–water partition coefficient (Wildman–Crippen LogP) is 2.50. The number of amides is 1. The lowest BCUT2D eigenvalue weighted by atomic mass is 10.1. The first-order valence-electron chi connectivity index (χ1n) is 7.60. The summed E-state index contributed by atoms with van der Waals surface area (Å²) in [5.74, 6) is -0.667. The molecule has 2 N–H and O–H groups in total. The number of nitrogens with zero attached hydrogens (tertiary/aromatic N) is 1. The van der Waals surface area contributed by atoms with Gasteiger partial charge in [-0.2, -0.15) is 0 Å². The average Bonchev–Trinajstić information content (AvgIpc) is 2.56. The van der Waals surface area contributed by atoms with Crippen molar-refractivity contribution in [3.05, 3.63) is 71.0 Å². The second kappa shape index (κ2) is 6.89. The molecule has 1 aliphatic heterocycles. The minimum Gasteiger partial charge on any atom is -0.371 e. The highest BCUT2D eigenvalue weighted by Gasteiger charge is 2.22. The Kier molecular flexibility index (Phi) is 4.69. The number of hydrogen-bond donors (Lipinski definition) is 1. The van der Waals surface area contributed by atoms with E-state index in [1.54, 1.807) is 18.2 Å². The van der Waals surface area contributed by atoms with Crippen molar-refractivity contribution in [3.63, 3.8) is 0 Å². The molecule has 1 saturated heterocycles. The molecule has 0 bridgehead atoms. The first kappa shape index (κ1) is 15.6. The Balaban J connectivity index is 1.65. The van der Waals surface area contributed by atoms with Crippen LogP contribution in [0.2, 0.25) is 0 Å². The molecule has 120 valence electrons. The summed E-state index contributed by atoms with van der Waals surface area (Å²) in [6, 6.07) is 13.8. The predicted molar refractivity (Wildman–Crippen MR) is 85.3 cm³/mol. The quantitative estimate of drug-likeness (QED) is 0.943. The van der Waals surface area contributed by atoms with Gasteiger partial charge in [0.2, 0.25) is 5.91 Å². The lowest BCUT2D eigenvalue weighted by molar-refractivity contribution is -0.0330. The molecule has 1 unspecified atom stereocenters. The summed E-state index contributed by atoms with van der Waals surface area (Å²) in [5.41, 5.74) is 7.72. The van der Waals surface area contributed by atoms with Gasteiger partial charge in [0.15, 0.2) is 0 Å². The van der Waals surface area contributed by atoms with Gasteiger partial charge in [-0.25, -0.2) is 4.39 Å². The molecule has 23 heavy (non-hydrogen) atoms. The van der Waals surface area contributed by atoms with Crippen LogP contribution < -0.4 is 5.73 Å². The third-order valence-electron chi connectivity index (χ3n) is 4.02. The second-order valence-electron chi connectivity index (χ2n) is 5.71. The molecule has 0 radical (unpaired) electrons. The molecule has 4 nitrogen and oxygen atoms in total. The fraction of sp³-hybridized carbons (Fsp3) is 0.278. The molecule has 0 spiro atoms. The third-order valence-corrected chi connectivity index (χ3v) is 4.02.